The van der Waals surface area contributed by atoms with E-state index >= 15 is 0 Å². The van der Waals surface area contributed by atoms with Crippen LogP contribution in [-0.2, 0) is 11.3 Å². The van der Waals surface area contributed by atoms with E-state index in [0.717, 1.165) is 35.8 Å². The molecule has 146 valence electrons. The number of halogens is 1. The number of carboxylic acid groups (broad SMARTS) is 1. The van der Waals surface area contributed by atoms with Gasteiger partial charge in [-0.3, -0.25) is 9.59 Å². The fraction of sp³-hybridized carbons (Fsp3) is 0.333. The fourth-order valence-corrected chi connectivity index (χ4v) is 2.60. The first kappa shape index (κ1) is 22.5. The van der Waals surface area contributed by atoms with Gasteiger partial charge in [0.15, 0.2) is 5.69 Å². The molecule has 9 heteroatoms. The number of aromatic nitrogens is 3. The maximum atomic E-state index is 11.6. The van der Waals surface area contributed by atoms with Gasteiger partial charge in [-0.15, -0.1) is 17.0 Å². The first-order valence-electron chi connectivity index (χ1n) is 8.39. The number of rotatable bonds is 6. The molecule has 3 aromatic rings. The van der Waals surface area contributed by atoms with Crippen LogP contribution in [0.5, 0.6) is 0 Å². The van der Waals surface area contributed by atoms with Crippen LogP contribution in [0.4, 0.5) is 0 Å². The molecule has 0 atom stereocenters. The van der Waals surface area contributed by atoms with E-state index in [9.17, 15) is 9.59 Å². The number of amides is 1. The number of para-hydroxylation sites is 1. The summed E-state index contributed by atoms with van der Waals surface area (Å²) < 4.78 is 2.08. The lowest BCUT2D eigenvalue weighted by Crippen LogP contribution is -2.16. The Hall–Kier alpha value is -2.52. The molecule has 4 N–H and O–H groups in total. The lowest BCUT2D eigenvalue weighted by Gasteiger charge is -2.07. The van der Waals surface area contributed by atoms with Crippen molar-refractivity contribution in [3.8, 4) is 0 Å². The van der Waals surface area contributed by atoms with Crippen LogP contribution in [0.15, 0.2) is 30.6 Å². The second-order valence-electron chi connectivity index (χ2n) is 5.75. The van der Waals surface area contributed by atoms with Gasteiger partial charge >= 0.3 is 5.97 Å². The van der Waals surface area contributed by atoms with Gasteiger partial charge in [0.1, 0.15) is 5.52 Å². The maximum absolute atomic E-state index is 11.6. The molecule has 27 heavy (non-hydrogen) atoms. The maximum Gasteiger partial charge on any atom is 0.317 e. The number of hydrogen-bond acceptors (Lipinski definition) is 5. The molecule has 0 saturated carbocycles. The third-order valence-corrected chi connectivity index (χ3v) is 3.77. The summed E-state index contributed by atoms with van der Waals surface area (Å²) in [6.45, 7) is 3.06. The van der Waals surface area contributed by atoms with Crippen molar-refractivity contribution in [1.82, 2.24) is 19.9 Å². The Kier molecular flexibility index (Phi) is 8.83. The second-order valence-corrected chi connectivity index (χ2v) is 5.75. The number of unbranched alkanes of at least 4 members (excludes halogenated alkanes) is 1. The zero-order valence-electron chi connectivity index (χ0n) is 15.3. The van der Waals surface area contributed by atoms with Crippen molar-refractivity contribution in [2.24, 2.45) is 5.73 Å². The van der Waals surface area contributed by atoms with Crippen LogP contribution in [-0.4, -0.2) is 45.1 Å². The van der Waals surface area contributed by atoms with Crippen LogP contribution < -0.4 is 11.1 Å². The first-order chi connectivity index (χ1) is 12.5. The van der Waals surface area contributed by atoms with Gasteiger partial charge in [0.2, 0.25) is 0 Å². The van der Waals surface area contributed by atoms with E-state index in [1.807, 2.05) is 24.3 Å². The van der Waals surface area contributed by atoms with E-state index in [-0.39, 0.29) is 29.2 Å². The van der Waals surface area contributed by atoms with Gasteiger partial charge in [0.25, 0.3) is 5.91 Å². The van der Waals surface area contributed by atoms with Gasteiger partial charge < -0.3 is 20.7 Å². The molecule has 0 aliphatic heterocycles. The number of likely N-dealkylation sites (N-methyl/N-ethyl adjacent to an activating group) is 1. The summed E-state index contributed by atoms with van der Waals surface area (Å²) in [4.78, 5) is 29.8. The number of hydrogen-bond donors (Lipinski definition) is 3. The van der Waals surface area contributed by atoms with Crippen LogP contribution in [0.2, 0.25) is 0 Å². The Balaban J connectivity index is 0.000000456. The Morgan fingerprint density at radius 1 is 1.30 bits per heavy atom. The highest BCUT2D eigenvalue weighted by Crippen LogP contribution is 2.25. The monoisotopic (exact) mass is 437 g/mol. The number of imidazole rings is 1. The van der Waals surface area contributed by atoms with Crippen molar-refractivity contribution < 1.29 is 14.7 Å². The van der Waals surface area contributed by atoms with Crippen molar-refractivity contribution in [3.63, 3.8) is 0 Å². The van der Waals surface area contributed by atoms with Crippen LogP contribution in [0.1, 0.15) is 30.3 Å². The van der Waals surface area contributed by atoms with Crippen LogP contribution >= 0.6 is 17.0 Å². The zero-order chi connectivity index (χ0) is 19.1. The Morgan fingerprint density at radius 2 is 2.00 bits per heavy atom. The summed E-state index contributed by atoms with van der Waals surface area (Å²) in [6, 6.07) is 7.75. The summed E-state index contributed by atoms with van der Waals surface area (Å²) >= 11 is 0. The minimum Gasteiger partial charge on any atom is -0.480 e. The van der Waals surface area contributed by atoms with Crippen molar-refractivity contribution in [2.75, 3.05) is 13.6 Å². The second kappa shape index (κ2) is 10.6. The number of fused-ring (bicyclic) bond motifs is 3. The Bertz CT molecular complexity index is 926. The number of pyridine rings is 1. The van der Waals surface area contributed by atoms with Gasteiger partial charge in [-0.2, -0.15) is 0 Å². The van der Waals surface area contributed by atoms with E-state index in [1.54, 1.807) is 13.4 Å². The molecule has 0 aliphatic carbocycles. The molecule has 2 heterocycles. The lowest BCUT2D eigenvalue weighted by atomic mass is 10.1. The predicted octanol–water partition coefficient (Wildman–Crippen LogP) is 2.35. The number of nitrogens with one attached hydrogen (secondary N) is 1. The molecule has 8 nitrogen and oxygen atoms in total. The summed E-state index contributed by atoms with van der Waals surface area (Å²) in [5, 5.41) is 11.3. The summed E-state index contributed by atoms with van der Waals surface area (Å²) in [5.74, 6) is -1.36. The highest BCUT2D eigenvalue weighted by atomic mass is 79.9. The van der Waals surface area contributed by atoms with Crippen molar-refractivity contribution >= 4 is 50.8 Å². The van der Waals surface area contributed by atoms with Crippen molar-refractivity contribution in [2.45, 2.75) is 26.3 Å². The molecular weight excluding hydrogens is 414 g/mol. The lowest BCUT2D eigenvalue weighted by molar-refractivity contribution is -0.135. The molecule has 0 spiro atoms. The van der Waals surface area contributed by atoms with E-state index < -0.39 is 11.9 Å². The smallest absolute Gasteiger partial charge is 0.317 e. The van der Waals surface area contributed by atoms with E-state index in [4.69, 9.17) is 10.8 Å². The average molecular weight is 438 g/mol. The molecule has 0 unspecified atom stereocenters. The minimum absolute atomic E-state index is 0. The number of benzene rings is 1. The van der Waals surface area contributed by atoms with Crippen LogP contribution in [0, 0.1) is 0 Å². The van der Waals surface area contributed by atoms with Crippen molar-refractivity contribution in [3.05, 3.63) is 36.3 Å². The fourth-order valence-electron chi connectivity index (χ4n) is 2.60. The number of nitrogens with zero attached hydrogens (tertiary/aromatic N) is 3. The SMILES string of the molecule is Br.CCCCn1cnc2c(C(N)=O)nc3ccccc3c21.CNCC(=O)O. The van der Waals surface area contributed by atoms with Gasteiger partial charge in [-0.05, 0) is 19.5 Å². The normalized spacial score (nSPS) is 10.1. The highest BCUT2D eigenvalue weighted by Gasteiger charge is 2.16. The number of carboxylic acids is 1. The predicted molar refractivity (Wildman–Crippen MR) is 110 cm³/mol. The summed E-state index contributed by atoms with van der Waals surface area (Å²) in [7, 11) is 1.59. The van der Waals surface area contributed by atoms with Gasteiger partial charge in [-0.25, -0.2) is 9.97 Å². The quantitative estimate of drug-likeness (QED) is 0.543. The number of nitrogens with two attached hydrogens (primary N) is 1. The molecule has 0 fully saturated rings. The Morgan fingerprint density at radius 3 is 2.56 bits per heavy atom. The summed E-state index contributed by atoms with van der Waals surface area (Å²) in [6.07, 6.45) is 3.93. The topological polar surface area (TPSA) is 123 Å². The van der Waals surface area contributed by atoms with E-state index in [1.165, 1.54) is 0 Å². The number of primary amides is 1. The van der Waals surface area contributed by atoms with Gasteiger partial charge in [0.05, 0.1) is 23.9 Å². The molecule has 0 aliphatic rings. The zero-order valence-corrected chi connectivity index (χ0v) is 17.0. The molecule has 3 rings (SSSR count). The Labute approximate surface area is 167 Å². The van der Waals surface area contributed by atoms with E-state index in [2.05, 4.69) is 26.8 Å². The van der Waals surface area contributed by atoms with Crippen LogP contribution in [0.25, 0.3) is 21.9 Å². The average Bonchev–Trinajstić information content (AvgIpc) is 3.03. The molecule has 0 saturated heterocycles. The molecule has 1 amide bonds. The number of carbonyl (C=O) groups is 2. The summed E-state index contributed by atoms with van der Waals surface area (Å²) in [5.41, 5.74) is 7.98. The number of aryl methyl sites for hydroxylation is 1. The van der Waals surface area contributed by atoms with E-state index in [0.29, 0.717) is 5.52 Å². The van der Waals surface area contributed by atoms with Gasteiger partial charge in [0, 0.05) is 11.9 Å². The molecule has 1 aromatic carbocycles. The minimum atomic E-state index is -0.822. The largest absolute Gasteiger partial charge is 0.480 e. The standard InChI is InChI=1S/C15H16N4O.C3H7NO2.BrH/c1-2-3-8-19-9-17-12-13(15(16)20)18-11-7-5-4-6-10(11)14(12)19;1-4-2-3(5)6;/h4-7,9H,2-3,8H2,1H3,(H2,16,20);4H,2H2,1H3,(H,5,6);1H. The third-order valence-electron chi connectivity index (χ3n) is 3.77. The van der Waals surface area contributed by atoms with Crippen molar-refractivity contribution in [1.29, 1.82) is 0 Å². The highest BCUT2D eigenvalue weighted by molar-refractivity contribution is 8.93. The molecule has 0 radical (unpaired) electrons. The first-order valence-corrected chi connectivity index (χ1v) is 8.39. The molecule has 0 bridgehead atoms. The number of aliphatic carboxylic acids is 1. The number of carbonyl (C=O) groups excluding carboxylic acids is 1. The molecular formula is C18H24BrN5O3. The molecule has 2 aromatic heterocycles. The van der Waals surface area contributed by atoms with Gasteiger partial charge in [-0.1, -0.05) is 31.5 Å². The van der Waals surface area contributed by atoms with Crippen LogP contribution in [0.3, 0.4) is 0 Å². The third kappa shape index (κ3) is 5.48.